The Morgan fingerprint density at radius 3 is 2.71 bits per heavy atom. The average Bonchev–Trinajstić information content (AvgIpc) is 2.86. The first-order valence-corrected chi connectivity index (χ1v) is 13.0. The number of aliphatic carboxylic acids is 1. The minimum absolute atomic E-state index is 0.115. The van der Waals surface area contributed by atoms with Gasteiger partial charge in [-0.05, 0) is 75.9 Å². The van der Waals surface area contributed by atoms with E-state index in [9.17, 15) is 9.90 Å². The quantitative estimate of drug-likeness (QED) is 0.417. The first-order chi connectivity index (χ1) is 16.4. The van der Waals surface area contributed by atoms with Gasteiger partial charge in [0.15, 0.2) is 0 Å². The van der Waals surface area contributed by atoms with Gasteiger partial charge in [-0.25, -0.2) is 4.39 Å². The summed E-state index contributed by atoms with van der Waals surface area (Å²) in [5.41, 5.74) is 0.136. The van der Waals surface area contributed by atoms with E-state index in [0.29, 0.717) is 41.5 Å². The summed E-state index contributed by atoms with van der Waals surface area (Å²) in [6.07, 6.45) is 9.59. The second-order valence-corrected chi connectivity index (χ2v) is 10.5. The van der Waals surface area contributed by atoms with Crippen molar-refractivity contribution >= 4 is 28.5 Å². The number of hydrogen-bond acceptors (Lipinski definition) is 4. The number of benzene rings is 1. The van der Waals surface area contributed by atoms with E-state index >= 15 is 4.39 Å². The number of pyridine rings is 1. The van der Waals surface area contributed by atoms with E-state index in [0.717, 1.165) is 25.6 Å². The first kappa shape index (κ1) is 25.2. The van der Waals surface area contributed by atoms with E-state index in [1.54, 1.807) is 25.3 Å². The van der Waals surface area contributed by atoms with Crippen molar-refractivity contribution < 1.29 is 19.0 Å². The fourth-order valence-corrected chi connectivity index (χ4v) is 6.05. The Morgan fingerprint density at radius 2 is 2.03 bits per heavy atom. The molecule has 186 valence electrons. The first-order valence-electron chi connectivity index (χ1n) is 12.6. The molecule has 1 aliphatic carbocycles. The molecule has 0 radical (unpaired) electrons. The third-order valence-corrected chi connectivity index (χ3v) is 8.40. The van der Waals surface area contributed by atoms with Crippen LogP contribution in [0.5, 0.6) is 5.75 Å². The molecule has 2 fully saturated rings. The van der Waals surface area contributed by atoms with Crippen LogP contribution < -0.4 is 4.74 Å². The van der Waals surface area contributed by atoms with Gasteiger partial charge in [-0.15, -0.1) is 0 Å². The van der Waals surface area contributed by atoms with Crippen molar-refractivity contribution in [2.75, 3.05) is 26.7 Å². The van der Waals surface area contributed by atoms with E-state index in [-0.39, 0.29) is 11.4 Å². The molecule has 0 unspecified atom stereocenters. The molecule has 4 rings (SSSR count). The number of piperidine rings is 1. The topological polar surface area (TPSA) is 62.7 Å². The zero-order valence-corrected chi connectivity index (χ0v) is 20.8. The number of ether oxygens (including phenoxy) is 1. The number of carboxylic acids is 1. The minimum atomic E-state index is -1.37. The molecule has 1 atom stereocenters. The second kappa shape index (κ2) is 11.2. The molecule has 2 aromatic rings. The van der Waals surface area contributed by atoms with Crippen molar-refractivity contribution in [1.82, 2.24) is 9.88 Å². The van der Waals surface area contributed by atoms with Gasteiger partial charge in [-0.1, -0.05) is 43.7 Å². The third-order valence-electron chi connectivity index (χ3n) is 8.10. The highest BCUT2D eigenvalue weighted by Gasteiger charge is 2.42. The molecule has 0 bridgehead atoms. The summed E-state index contributed by atoms with van der Waals surface area (Å²) in [5, 5.41) is 11.0. The van der Waals surface area contributed by atoms with Crippen molar-refractivity contribution in [2.45, 2.75) is 70.4 Å². The maximum absolute atomic E-state index is 15.6. The average molecular weight is 491 g/mol. The molecule has 2 aliphatic rings. The van der Waals surface area contributed by atoms with Crippen LogP contribution in [-0.4, -0.2) is 47.7 Å². The van der Waals surface area contributed by atoms with Crippen molar-refractivity contribution in [3.8, 4) is 5.75 Å². The molecule has 1 aromatic carbocycles. The maximum atomic E-state index is 15.6. The summed E-state index contributed by atoms with van der Waals surface area (Å²) >= 11 is 6.36. The van der Waals surface area contributed by atoms with Crippen LogP contribution in [0, 0.1) is 11.3 Å². The standard InChI is InChI=1S/C27H36ClFN2O3/c1-34-20-7-8-24-21(17-20)25(22(28)18-30-24)23(29)9-11-27(26(32)33)12-15-31(16-13-27)14-10-19-5-3-2-4-6-19/h7-8,17-19,23H,2-6,9-16H2,1H3,(H,32,33)/t23-/m1/s1. The molecular formula is C27H36ClFN2O3. The molecule has 0 amide bonds. The molecule has 1 aromatic heterocycles. The van der Waals surface area contributed by atoms with Crippen LogP contribution in [0.15, 0.2) is 24.4 Å². The number of methoxy groups -OCH3 is 1. The summed E-state index contributed by atoms with van der Waals surface area (Å²) in [6, 6.07) is 5.30. The van der Waals surface area contributed by atoms with Gasteiger partial charge in [0.2, 0.25) is 0 Å². The predicted molar refractivity (Wildman–Crippen MR) is 133 cm³/mol. The Bertz CT molecular complexity index is 987. The highest BCUT2D eigenvalue weighted by Crippen LogP contribution is 2.42. The van der Waals surface area contributed by atoms with Crippen molar-refractivity contribution in [2.24, 2.45) is 11.3 Å². The van der Waals surface area contributed by atoms with Crippen LogP contribution in [-0.2, 0) is 4.79 Å². The number of hydrogen-bond donors (Lipinski definition) is 1. The smallest absolute Gasteiger partial charge is 0.309 e. The fourth-order valence-electron chi connectivity index (χ4n) is 5.78. The lowest BCUT2D eigenvalue weighted by Crippen LogP contribution is -2.45. The van der Waals surface area contributed by atoms with Crippen LogP contribution in [0.1, 0.15) is 75.9 Å². The number of rotatable bonds is 9. The number of carboxylic acid groups (broad SMARTS) is 1. The summed E-state index contributed by atoms with van der Waals surface area (Å²) in [6.45, 7) is 2.59. The number of halogens is 2. The molecule has 34 heavy (non-hydrogen) atoms. The summed E-state index contributed by atoms with van der Waals surface area (Å²) in [4.78, 5) is 19.0. The van der Waals surface area contributed by atoms with Crippen LogP contribution in [0.3, 0.4) is 0 Å². The molecule has 1 N–H and O–H groups in total. The van der Waals surface area contributed by atoms with Gasteiger partial charge >= 0.3 is 5.97 Å². The maximum Gasteiger partial charge on any atom is 0.309 e. The summed E-state index contributed by atoms with van der Waals surface area (Å²) in [5.74, 6) is 0.623. The van der Waals surface area contributed by atoms with E-state index in [4.69, 9.17) is 16.3 Å². The van der Waals surface area contributed by atoms with Crippen LogP contribution in [0.2, 0.25) is 5.02 Å². The van der Waals surface area contributed by atoms with Gasteiger partial charge < -0.3 is 14.7 Å². The zero-order valence-electron chi connectivity index (χ0n) is 20.1. The van der Waals surface area contributed by atoms with Gasteiger partial charge in [0.05, 0.1) is 23.1 Å². The van der Waals surface area contributed by atoms with Crippen molar-refractivity contribution in [3.63, 3.8) is 0 Å². The van der Waals surface area contributed by atoms with Crippen LogP contribution in [0.4, 0.5) is 4.39 Å². The largest absolute Gasteiger partial charge is 0.497 e. The normalized spacial score (nSPS) is 20.3. The number of aromatic nitrogens is 1. The van der Waals surface area contributed by atoms with E-state index in [2.05, 4.69) is 9.88 Å². The highest BCUT2D eigenvalue weighted by molar-refractivity contribution is 6.32. The number of carbonyl (C=O) groups is 1. The van der Waals surface area contributed by atoms with Gasteiger partial charge in [-0.3, -0.25) is 9.78 Å². The van der Waals surface area contributed by atoms with E-state index in [1.165, 1.54) is 44.7 Å². The van der Waals surface area contributed by atoms with Crippen LogP contribution >= 0.6 is 11.6 Å². The lowest BCUT2D eigenvalue weighted by molar-refractivity contribution is -0.153. The number of alkyl halides is 1. The van der Waals surface area contributed by atoms with Gasteiger partial charge in [0, 0.05) is 17.1 Å². The predicted octanol–water partition coefficient (Wildman–Crippen LogP) is 6.82. The number of nitrogens with zero attached hydrogens (tertiary/aromatic N) is 2. The van der Waals surface area contributed by atoms with Crippen molar-refractivity contribution in [1.29, 1.82) is 0 Å². The van der Waals surface area contributed by atoms with Crippen LogP contribution in [0.25, 0.3) is 10.9 Å². The number of likely N-dealkylation sites (tertiary alicyclic amines) is 1. The second-order valence-electron chi connectivity index (χ2n) is 10.1. The lowest BCUT2D eigenvalue weighted by Gasteiger charge is -2.39. The molecule has 5 nitrogen and oxygen atoms in total. The molecule has 1 saturated heterocycles. The Kier molecular flexibility index (Phi) is 8.30. The summed E-state index contributed by atoms with van der Waals surface area (Å²) in [7, 11) is 1.56. The fraction of sp³-hybridized carbons (Fsp3) is 0.630. The summed E-state index contributed by atoms with van der Waals surface area (Å²) < 4.78 is 20.9. The molecule has 2 heterocycles. The van der Waals surface area contributed by atoms with E-state index in [1.807, 2.05) is 0 Å². The highest BCUT2D eigenvalue weighted by atomic mass is 35.5. The monoisotopic (exact) mass is 490 g/mol. The molecule has 1 aliphatic heterocycles. The Labute approximate surface area is 206 Å². The molecular weight excluding hydrogens is 455 g/mol. The third kappa shape index (κ3) is 5.65. The minimum Gasteiger partial charge on any atom is -0.497 e. The Balaban J connectivity index is 1.39. The van der Waals surface area contributed by atoms with E-state index < -0.39 is 17.6 Å². The van der Waals surface area contributed by atoms with Crippen molar-refractivity contribution in [3.05, 3.63) is 35.0 Å². The lowest BCUT2D eigenvalue weighted by atomic mass is 9.74. The van der Waals surface area contributed by atoms with Gasteiger partial charge in [-0.2, -0.15) is 0 Å². The number of fused-ring (bicyclic) bond motifs is 1. The molecule has 7 heteroatoms. The zero-order chi connectivity index (χ0) is 24.1. The Morgan fingerprint density at radius 1 is 1.29 bits per heavy atom. The molecule has 0 spiro atoms. The van der Waals surface area contributed by atoms with Gasteiger partial charge in [0.25, 0.3) is 0 Å². The SMILES string of the molecule is COc1ccc2ncc(Cl)c([C@H](F)CCC3(C(=O)O)CCN(CCC4CCCCC4)CC3)c2c1. The Hall–Kier alpha value is -1.92. The van der Waals surface area contributed by atoms with Gasteiger partial charge in [0.1, 0.15) is 11.9 Å². The molecule has 1 saturated carbocycles.